The van der Waals surface area contributed by atoms with E-state index in [9.17, 15) is 17.3 Å². The number of hydrogen-bond acceptors (Lipinski definition) is 0. The van der Waals surface area contributed by atoms with Crippen molar-refractivity contribution in [2.24, 2.45) is 0 Å². The molecule has 0 spiro atoms. The molecule has 0 aliphatic carbocycles. The third-order valence-electron chi connectivity index (χ3n) is 0.894. The minimum absolute atomic E-state index is 0. The minimum atomic E-state index is -6.00. The van der Waals surface area contributed by atoms with Crippen LogP contribution in [0.1, 0.15) is 14.8 Å². The van der Waals surface area contributed by atoms with Crippen LogP contribution < -0.4 is 0 Å². The van der Waals surface area contributed by atoms with Crippen LogP contribution in [-0.4, -0.2) is 39.4 Å². The highest BCUT2D eigenvalue weighted by Gasteiger charge is 2.20. The predicted molar refractivity (Wildman–Crippen MR) is 44.5 cm³/mol. The smallest absolute Gasteiger partial charge is 0.418 e. The molecule has 0 N–H and O–H groups in total. The van der Waals surface area contributed by atoms with Crippen LogP contribution in [0.2, 0.25) is 0 Å². The minimum Gasteiger partial charge on any atom is -0.418 e. The van der Waals surface area contributed by atoms with Gasteiger partial charge in [0.1, 0.15) is 0 Å². The molecule has 0 bridgehead atoms. The van der Waals surface area contributed by atoms with Crippen LogP contribution in [0.5, 0.6) is 0 Å². The summed E-state index contributed by atoms with van der Waals surface area (Å²) in [5.74, 6) is 0. The summed E-state index contributed by atoms with van der Waals surface area (Å²) in [5, 5.41) is 0. The molecule has 0 rings (SSSR count). The standard InChI is InChI=1S/C6H16N.BF4/c1-5-6-7(2,3)4;2-1(3,4)5/h5-6H2,1-4H3;/q+1;-1/p+1. The van der Waals surface area contributed by atoms with E-state index in [1.165, 1.54) is 13.0 Å². The third kappa shape index (κ3) is 53.1. The Bertz CT molecular complexity index is 106. The summed E-state index contributed by atoms with van der Waals surface area (Å²) in [6, 6.07) is 0. The lowest BCUT2D eigenvalue weighted by Gasteiger charge is -2.22. The number of hydrogen-bond donors (Lipinski definition) is 0. The molecule has 0 saturated heterocycles. The zero-order valence-electron chi connectivity index (χ0n) is 8.95. The first-order valence-corrected chi connectivity index (χ1v) is 3.74. The summed E-state index contributed by atoms with van der Waals surface area (Å²) in [5.41, 5.74) is 0. The summed E-state index contributed by atoms with van der Waals surface area (Å²) in [4.78, 5) is 0. The van der Waals surface area contributed by atoms with Gasteiger partial charge < -0.3 is 21.7 Å². The van der Waals surface area contributed by atoms with Crippen LogP contribution in [0.15, 0.2) is 0 Å². The first kappa shape index (κ1) is 14.3. The van der Waals surface area contributed by atoms with E-state index in [-0.39, 0.29) is 1.43 Å². The maximum absolute atomic E-state index is 9.75. The van der Waals surface area contributed by atoms with E-state index in [0.29, 0.717) is 0 Å². The van der Waals surface area contributed by atoms with Gasteiger partial charge in [-0.3, -0.25) is 0 Å². The molecule has 0 atom stereocenters. The molecule has 0 aromatic carbocycles. The molecule has 76 valence electrons. The summed E-state index contributed by atoms with van der Waals surface area (Å²) in [6.07, 6.45) is 1.28. The largest absolute Gasteiger partial charge is 1.00 e. The van der Waals surface area contributed by atoms with Gasteiger partial charge in [0.2, 0.25) is 0 Å². The Labute approximate surface area is 72.5 Å². The van der Waals surface area contributed by atoms with Crippen molar-refractivity contribution in [2.75, 3.05) is 27.7 Å². The second-order valence-corrected chi connectivity index (χ2v) is 3.51. The molecule has 6 heteroatoms. The van der Waals surface area contributed by atoms with Crippen molar-refractivity contribution in [1.29, 1.82) is 0 Å². The fourth-order valence-corrected chi connectivity index (χ4v) is 0.671. The summed E-state index contributed by atoms with van der Waals surface area (Å²) in [7, 11) is 0.635. The van der Waals surface area contributed by atoms with Crippen LogP contribution >= 0.6 is 0 Å². The molecular formula is C6H17BF4N+. The van der Waals surface area contributed by atoms with Gasteiger partial charge in [-0.2, -0.15) is 0 Å². The van der Waals surface area contributed by atoms with Gasteiger partial charge in [0.25, 0.3) is 0 Å². The van der Waals surface area contributed by atoms with Crippen molar-refractivity contribution in [1.82, 2.24) is 0 Å². The lowest BCUT2D eigenvalue weighted by molar-refractivity contribution is -0.870. The average Bonchev–Trinajstić information content (AvgIpc) is 1.54. The highest BCUT2D eigenvalue weighted by atomic mass is 19.5. The Hall–Kier alpha value is -0.255. The molecule has 0 aromatic rings. The fourth-order valence-electron chi connectivity index (χ4n) is 0.671. The number of halogens is 4. The van der Waals surface area contributed by atoms with Crippen molar-refractivity contribution >= 4 is 7.25 Å². The van der Waals surface area contributed by atoms with E-state index >= 15 is 0 Å². The Morgan fingerprint density at radius 1 is 1.08 bits per heavy atom. The highest BCUT2D eigenvalue weighted by molar-refractivity contribution is 6.50. The van der Waals surface area contributed by atoms with E-state index in [2.05, 4.69) is 28.1 Å². The molecule has 0 radical (unpaired) electrons. The summed E-state index contributed by atoms with van der Waals surface area (Å²) in [6.45, 7) is 3.49. The van der Waals surface area contributed by atoms with Gasteiger partial charge in [0.05, 0.1) is 27.7 Å². The van der Waals surface area contributed by atoms with Crippen molar-refractivity contribution in [3.05, 3.63) is 0 Å². The van der Waals surface area contributed by atoms with Crippen LogP contribution in [0.25, 0.3) is 0 Å². The molecular weight excluding hydrogens is 173 g/mol. The average molecular weight is 190 g/mol. The molecule has 0 unspecified atom stereocenters. The molecule has 0 fully saturated rings. The van der Waals surface area contributed by atoms with Crippen LogP contribution in [-0.2, 0) is 0 Å². The molecule has 0 heterocycles. The van der Waals surface area contributed by atoms with Crippen LogP contribution in [0, 0.1) is 0 Å². The van der Waals surface area contributed by atoms with Crippen LogP contribution in [0.4, 0.5) is 17.3 Å². The first-order chi connectivity index (χ1) is 5.06. The summed E-state index contributed by atoms with van der Waals surface area (Å²) < 4.78 is 40.1. The zero-order valence-corrected chi connectivity index (χ0v) is 7.95. The van der Waals surface area contributed by atoms with Crippen molar-refractivity contribution < 1.29 is 23.2 Å². The lowest BCUT2D eigenvalue weighted by Crippen LogP contribution is -2.34. The van der Waals surface area contributed by atoms with E-state index in [1.807, 2.05) is 0 Å². The van der Waals surface area contributed by atoms with Crippen LogP contribution in [0.3, 0.4) is 0 Å². The maximum Gasteiger partial charge on any atom is 1.00 e. The van der Waals surface area contributed by atoms with Gasteiger partial charge >= 0.3 is 8.68 Å². The van der Waals surface area contributed by atoms with Gasteiger partial charge in [-0.25, -0.2) is 0 Å². The van der Waals surface area contributed by atoms with Crippen molar-refractivity contribution in [3.8, 4) is 0 Å². The normalized spacial score (nSPS) is 12.0. The van der Waals surface area contributed by atoms with Gasteiger partial charge in [-0.05, 0) is 6.42 Å². The van der Waals surface area contributed by atoms with Crippen molar-refractivity contribution in [2.45, 2.75) is 13.3 Å². The summed E-state index contributed by atoms with van der Waals surface area (Å²) >= 11 is 0. The molecule has 0 amide bonds. The van der Waals surface area contributed by atoms with E-state index in [0.717, 1.165) is 4.48 Å². The fraction of sp³-hybridized carbons (Fsp3) is 1.00. The van der Waals surface area contributed by atoms with Gasteiger partial charge in [0, 0.05) is 0 Å². The molecule has 0 aliphatic heterocycles. The molecule has 0 aliphatic rings. The van der Waals surface area contributed by atoms with E-state index < -0.39 is 7.25 Å². The first-order valence-electron chi connectivity index (χ1n) is 3.74. The second-order valence-electron chi connectivity index (χ2n) is 3.51. The maximum atomic E-state index is 9.75. The Kier molecular flexibility index (Phi) is 6.43. The van der Waals surface area contributed by atoms with E-state index in [1.54, 1.807) is 0 Å². The Morgan fingerprint density at radius 2 is 1.33 bits per heavy atom. The monoisotopic (exact) mass is 190 g/mol. The lowest BCUT2D eigenvalue weighted by atomic mass is 10.3. The van der Waals surface area contributed by atoms with Gasteiger partial charge in [-0.1, -0.05) is 6.92 Å². The third-order valence-corrected chi connectivity index (χ3v) is 0.894. The van der Waals surface area contributed by atoms with Gasteiger partial charge in [0.15, 0.2) is 0 Å². The topological polar surface area (TPSA) is 0 Å². The molecule has 1 nitrogen and oxygen atoms in total. The Balaban J connectivity index is -0.000000150. The second kappa shape index (κ2) is 5.40. The molecule has 0 aromatic heterocycles. The zero-order chi connectivity index (χ0) is 10.4. The molecule has 0 saturated carbocycles. The van der Waals surface area contributed by atoms with Crippen molar-refractivity contribution in [3.63, 3.8) is 0 Å². The SMILES string of the molecule is CCC[N+](C)(C)C.F[B-](F)(F)F.[H+]. The molecule has 12 heavy (non-hydrogen) atoms. The number of quaternary nitrogens is 1. The number of rotatable bonds is 2. The Morgan fingerprint density at radius 3 is 1.33 bits per heavy atom. The quantitative estimate of drug-likeness (QED) is 0.356. The predicted octanol–water partition coefficient (Wildman–Crippen LogP) is 2.52. The van der Waals surface area contributed by atoms with Gasteiger partial charge in [-0.15, -0.1) is 0 Å². The highest BCUT2D eigenvalue weighted by Crippen LogP contribution is 2.06. The number of nitrogens with zero attached hydrogens (tertiary/aromatic N) is 1. The van der Waals surface area contributed by atoms with E-state index in [4.69, 9.17) is 0 Å².